The van der Waals surface area contributed by atoms with E-state index < -0.39 is 16.1 Å². The molecule has 5 nitrogen and oxygen atoms in total. The molecule has 0 spiro atoms. The van der Waals surface area contributed by atoms with Gasteiger partial charge in [-0.15, -0.1) is 0 Å². The van der Waals surface area contributed by atoms with E-state index in [2.05, 4.69) is 4.98 Å². The van der Waals surface area contributed by atoms with Crippen LogP contribution in [0.5, 0.6) is 0 Å². The lowest BCUT2D eigenvalue weighted by molar-refractivity contribution is 0.308. The molecule has 2 rings (SSSR count). The zero-order valence-electron chi connectivity index (χ0n) is 8.91. The van der Waals surface area contributed by atoms with Crippen LogP contribution >= 0.6 is 0 Å². The molecule has 2 heterocycles. The topological polar surface area (TPSA) is 76.3 Å². The van der Waals surface area contributed by atoms with Crippen molar-refractivity contribution < 1.29 is 8.42 Å². The quantitative estimate of drug-likeness (QED) is 0.812. The Morgan fingerprint density at radius 1 is 1.44 bits per heavy atom. The van der Waals surface area contributed by atoms with Gasteiger partial charge in [-0.05, 0) is 18.6 Å². The summed E-state index contributed by atoms with van der Waals surface area (Å²) in [6, 6.07) is 4.78. The average molecular weight is 241 g/mol. The van der Waals surface area contributed by atoms with E-state index in [1.807, 2.05) is 0 Å². The molecule has 0 aliphatic carbocycles. The fraction of sp³-hybridized carbons (Fsp3) is 0.500. The number of nitrogens with zero attached hydrogens (tertiary/aromatic N) is 2. The first-order chi connectivity index (χ1) is 7.59. The molecule has 1 aliphatic rings. The van der Waals surface area contributed by atoms with Gasteiger partial charge < -0.3 is 5.73 Å². The third kappa shape index (κ3) is 2.40. The molecule has 1 saturated heterocycles. The fourth-order valence-electron chi connectivity index (χ4n) is 1.58. The van der Waals surface area contributed by atoms with Gasteiger partial charge in [0.05, 0.1) is 17.5 Å². The Kier molecular flexibility index (Phi) is 3.22. The van der Waals surface area contributed by atoms with Crippen molar-refractivity contribution in [3.8, 4) is 0 Å². The molecule has 1 aromatic heterocycles. The molecule has 1 aliphatic heterocycles. The molecule has 0 aromatic carbocycles. The van der Waals surface area contributed by atoms with Crippen molar-refractivity contribution in [3.05, 3.63) is 30.1 Å². The Balaban J connectivity index is 2.04. The molecule has 0 saturated carbocycles. The van der Waals surface area contributed by atoms with Crippen LogP contribution in [0.1, 0.15) is 18.2 Å². The second-order valence-electron chi connectivity index (χ2n) is 3.89. The lowest BCUT2D eigenvalue weighted by Crippen LogP contribution is -2.44. The summed E-state index contributed by atoms with van der Waals surface area (Å²) in [5, 5.41) is 0. The van der Waals surface area contributed by atoms with E-state index in [1.54, 1.807) is 24.4 Å². The summed E-state index contributed by atoms with van der Waals surface area (Å²) in [6.45, 7) is 1.24. The number of aromatic nitrogens is 1. The highest BCUT2D eigenvalue weighted by Gasteiger charge is 2.29. The van der Waals surface area contributed by atoms with Crippen LogP contribution in [-0.4, -0.2) is 36.5 Å². The Morgan fingerprint density at radius 3 is 2.69 bits per heavy atom. The van der Waals surface area contributed by atoms with Gasteiger partial charge in [0.2, 0.25) is 10.0 Å². The van der Waals surface area contributed by atoms with Gasteiger partial charge in [0.1, 0.15) is 0 Å². The molecule has 2 N–H and O–H groups in total. The van der Waals surface area contributed by atoms with Crippen molar-refractivity contribution >= 4 is 10.0 Å². The lowest BCUT2D eigenvalue weighted by Gasteiger charge is -2.30. The number of hydrogen-bond acceptors (Lipinski definition) is 4. The van der Waals surface area contributed by atoms with Crippen LogP contribution in [0.4, 0.5) is 0 Å². The predicted octanol–water partition coefficient (Wildman–Crippen LogP) is 0.117. The van der Waals surface area contributed by atoms with E-state index in [9.17, 15) is 8.42 Å². The van der Waals surface area contributed by atoms with Gasteiger partial charge >= 0.3 is 0 Å². The number of nitrogens with two attached hydrogens (primary N) is 1. The minimum Gasteiger partial charge on any atom is -0.322 e. The summed E-state index contributed by atoms with van der Waals surface area (Å²) in [4.78, 5) is 4.06. The first-order valence-corrected chi connectivity index (χ1v) is 6.85. The predicted molar refractivity (Wildman–Crippen MR) is 61.1 cm³/mol. The fourth-order valence-corrected chi connectivity index (χ4v) is 3.23. The number of sulfonamides is 1. The molecule has 88 valence electrons. The molecule has 0 bridgehead atoms. The van der Waals surface area contributed by atoms with Crippen molar-refractivity contribution in [1.29, 1.82) is 0 Å². The molecular formula is C10H15N3O2S. The van der Waals surface area contributed by atoms with Crippen molar-refractivity contribution in [3.63, 3.8) is 0 Å². The van der Waals surface area contributed by atoms with Crippen LogP contribution in [-0.2, 0) is 10.0 Å². The zero-order valence-corrected chi connectivity index (χ0v) is 9.73. The van der Waals surface area contributed by atoms with Crippen LogP contribution in [0, 0.1) is 0 Å². The van der Waals surface area contributed by atoms with E-state index >= 15 is 0 Å². The SMILES string of the molecule is NC(CS(=O)(=O)N1CCC1)c1ccccn1. The van der Waals surface area contributed by atoms with Crippen LogP contribution in [0.3, 0.4) is 0 Å². The van der Waals surface area contributed by atoms with E-state index in [-0.39, 0.29) is 5.75 Å². The molecular weight excluding hydrogens is 226 g/mol. The standard InChI is InChI=1S/C10H15N3O2S/c11-9(10-4-1-2-5-12-10)8-16(14,15)13-6-3-7-13/h1-2,4-5,9H,3,6-8,11H2. The molecule has 1 aromatic rings. The number of pyridine rings is 1. The summed E-state index contributed by atoms with van der Waals surface area (Å²) in [5.41, 5.74) is 6.45. The van der Waals surface area contributed by atoms with Crippen LogP contribution in [0.15, 0.2) is 24.4 Å². The van der Waals surface area contributed by atoms with Gasteiger partial charge in [-0.1, -0.05) is 6.07 Å². The second-order valence-corrected chi connectivity index (χ2v) is 5.91. The van der Waals surface area contributed by atoms with Gasteiger partial charge in [0.25, 0.3) is 0 Å². The number of rotatable bonds is 4. The summed E-state index contributed by atoms with van der Waals surface area (Å²) >= 11 is 0. The molecule has 1 unspecified atom stereocenters. The van der Waals surface area contributed by atoms with Crippen LogP contribution in [0.2, 0.25) is 0 Å². The monoisotopic (exact) mass is 241 g/mol. The maximum absolute atomic E-state index is 11.8. The largest absolute Gasteiger partial charge is 0.322 e. The smallest absolute Gasteiger partial charge is 0.216 e. The van der Waals surface area contributed by atoms with Gasteiger partial charge in [0.15, 0.2) is 0 Å². The lowest BCUT2D eigenvalue weighted by atomic mass is 10.2. The van der Waals surface area contributed by atoms with E-state index in [1.165, 1.54) is 4.31 Å². The zero-order chi connectivity index (χ0) is 11.6. The summed E-state index contributed by atoms with van der Waals surface area (Å²) < 4.78 is 25.1. The average Bonchev–Trinajstić information content (AvgIpc) is 2.14. The number of hydrogen-bond donors (Lipinski definition) is 1. The summed E-state index contributed by atoms with van der Waals surface area (Å²) in [6.07, 6.45) is 2.56. The van der Waals surface area contributed by atoms with Crippen LogP contribution < -0.4 is 5.73 Å². The third-order valence-corrected chi connectivity index (χ3v) is 4.60. The highest BCUT2D eigenvalue weighted by atomic mass is 32.2. The van der Waals surface area contributed by atoms with E-state index in [0.717, 1.165) is 6.42 Å². The van der Waals surface area contributed by atoms with Gasteiger partial charge in [-0.25, -0.2) is 12.7 Å². The molecule has 0 amide bonds. The first-order valence-electron chi connectivity index (χ1n) is 5.24. The highest BCUT2D eigenvalue weighted by molar-refractivity contribution is 7.89. The van der Waals surface area contributed by atoms with Crippen molar-refractivity contribution in [2.75, 3.05) is 18.8 Å². The van der Waals surface area contributed by atoms with Gasteiger partial charge in [-0.3, -0.25) is 4.98 Å². The molecule has 0 radical (unpaired) electrons. The van der Waals surface area contributed by atoms with Gasteiger partial charge in [-0.2, -0.15) is 0 Å². The molecule has 1 atom stereocenters. The Morgan fingerprint density at radius 2 is 2.19 bits per heavy atom. The van der Waals surface area contributed by atoms with Crippen molar-refractivity contribution in [2.24, 2.45) is 5.73 Å². The normalized spacial score (nSPS) is 19.1. The first kappa shape index (κ1) is 11.5. The summed E-state index contributed by atoms with van der Waals surface area (Å²) in [5.74, 6) is -0.0655. The van der Waals surface area contributed by atoms with E-state index in [0.29, 0.717) is 18.8 Å². The maximum Gasteiger partial charge on any atom is 0.216 e. The highest BCUT2D eigenvalue weighted by Crippen LogP contribution is 2.17. The van der Waals surface area contributed by atoms with Gasteiger partial charge in [0, 0.05) is 19.3 Å². The summed E-state index contributed by atoms with van der Waals surface area (Å²) in [7, 11) is -3.20. The minimum absolute atomic E-state index is 0.0655. The third-order valence-electron chi connectivity index (χ3n) is 2.67. The van der Waals surface area contributed by atoms with Crippen molar-refractivity contribution in [2.45, 2.75) is 12.5 Å². The maximum atomic E-state index is 11.8. The molecule has 16 heavy (non-hydrogen) atoms. The molecule has 1 fully saturated rings. The Bertz CT molecular complexity index is 442. The minimum atomic E-state index is -3.20. The second kappa shape index (κ2) is 4.48. The Hall–Kier alpha value is -0.980. The van der Waals surface area contributed by atoms with Crippen LogP contribution in [0.25, 0.3) is 0 Å². The van der Waals surface area contributed by atoms with Crippen molar-refractivity contribution in [1.82, 2.24) is 9.29 Å². The Labute approximate surface area is 95.3 Å². The molecule has 6 heteroatoms. The van der Waals surface area contributed by atoms with E-state index in [4.69, 9.17) is 5.73 Å².